The van der Waals surface area contributed by atoms with E-state index in [1.807, 2.05) is 18.5 Å². The Kier molecular flexibility index (Phi) is 3.61. The normalized spacial score (nSPS) is 10.9. The van der Waals surface area contributed by atoms with Gasteiger partial charge < -0.3 is 4.98 Å². The van der Waals surface area contributed by atoms with Gasteiger partial charge in [0.25, 0.3) is 0 Å². The van der Waals surface area contributed by atoms with Crippen LogP contribution in [-0.4, -0.2) is 35.8 Å². The molecule has 8 heteroatoms. The molecule has 3 aromatic rings. The molecule has 8 nitrogen and oxygen atoms in total. The lowest BCUT2D eigenvalue weighted by Crippen LogP contribution is -2.18. The largest absolute Gasteiger partial charge is 0.346 e. The predicted molar refractivity (Wildman–Crippen MR) is 74.3 cm³/mol. The lowest BCUT2D eigenvalue weighted by molar-refractivity contribution is -0.129. The molecule has 3 aromatic heterocycles. The molecule has 3 rings (SSSR count). The van der Waals surface area contributed by atoms with Crippen molar-refractivity contribution in [3.05, 3.63) is 31.0 Å². The van der Waals surface area contributed by atoms with Crippen molar-refractivity contribution in [3.63, 3.8) is 0 Å². The summed E-state index contributed by atoms with van der Waals surface area (Å²) in [6.07, 6.45) is 7.79. The summed E-state index contributed by atoms with van der Waals surface area (Å²) in [5.41, 5.74) is 4.11. The van der Waals surface area contributed by atoms with E-state index >= 15 is 0 Å². The summed E-state index contributed by atoms with van der Waals surface area (Å²) in [6.45, 7) is 0.592. The van der Waals surface area contributed by atoms with Crippen LogP contribution in [0.3, 0.4) is 0 Å². The third-order valence-corrected chi connectivity index (χ3v) is 3.18. The standard InChI is InChI=1S/C13H14N6O2/c20-11(18-21)2-1-5-19-7-9(6-17-19)12-10-3-4-14-13(10)16-8-15-12/h3-4,6-8,21H,1-2,5H2,(H,18,20)(H,14,15,16). The van der Waals surface area contributed by atoms with Crippen molar-refractivity contribution in [3.8, 4) is 11.3 Å². The van der Waals surface area contributed by atoms with Crippen molar-refractivity contribution in [2.45, 2.75) is 19.4 Å². The maximum Gasteiger partial charge on any atom is 0.243 e. The van der Waals surface area contributed by atoms with Crippen LogP contribution in [0, 0.1) is 0 Å². The molecular formula is C13H14N6O2. The Balaban J connectivity index is 1.76. The Morgan fingerprint density at radius 3 is 3.19 bits per heavy atom. The highest BCUT2D eigenvalue weighted by Crippen LogP contribution is 2.23. The smallest absolute Gasteiger partial charge is 0.243 e. The Hall–Kier alpha value is -2.74. The minimum Gasteiger partial charge on any atom is -0.346 e. The minimum atomic E-state index is -0.396. The number of aryl methyl sites for hydroxylation is 1. The number of amides is 1. The summed E-state index contributed by atoms with van der Waals surface area (Å²) in [7, 11) is 0. The predicted octanol–water partition coefficient (Wildman–Crippen LogP) is 1.11. The first-order valence-electron chi connectivity index (χ1n) is 6.52. The molecule has 0 saturated carbocycles. The van der Waals surface area contributed by atoms with Crippen LogP contribution in [-0.2, 0) is 11.3 Å². The topological polar surface area (TPSA) is 109 Å². The summed E-state index contributed by atoms with van der Waals surface area (Å²) in [4.78, 5) is 22.4. The highest BCUT2D eigenvalue weighted by Gasteiger charge is 2.09. The molecule has 0 aliphatic rings. The number of carbonyl (C=O) groups is 1. The number of H-pyrrole nitrogens is 1. The van der Waals surface area contributed by atoms with Gasteiger partial charge in [0.2, 0.25) is 5.91 Å². The zero-order valence-electron chi connectivity index (χ0n) is 11.2. The van der Waals surface area contributed by atoms with Crippen LogP contribution in [0.2, 0.25) is 0 Å². The number of aromatic amines is 1. The van der Waals surface area contributed by atoms with Crippen LogP contribution in [0.4, 0.5) is 0 Å². The molecule has 0 saturated heterocycles. The molecular weight excluding hydrogens is 272 g/mol. The second-order valence-corrected chi connectivity index (χ2v) is 4.59. The summed E-state index contributed by atoms with van der Waals surface area (Å²) >= 11 is 0. The number of aromatic nitrogens is 5. The highest BCUT2D eigenvalue weighted by atomic mass is 16.5. The average molecular weight is 286 g/mol. The third kappa shape index (κ3) is 2.75. The maximum absolute atomic E-state index is 10.9. The lowest BCUT2D eigenvalue weighted by atomic mass is 10.2. The molecule has 3 heterocycles. The molecule has 0 fully saturated rings. The number of hydrogen-bond donors (Lipinski definition) is 3. The molecule has 0 unspecified atom stereocenters. The molecule has 108 valence electrons. The van der Waals surface area contributed by atoms with E-state index in [4.69, 9.17) is 5.21 Å². The van der Waals surface area contributed by atoms with Gasteiger partial charge in [-0.25, -0.2) is 15.4 Å². The Morgan fingerprint density at radius 1 is 1.43 bits per heavy atom. The first kappa shape index (κ1) is 13.3. The highest BCUT2D eigenvalue weighted by molar-refractivity contribution is 5.89. The van der Waals surface area contributed by atoms with Crippen molar-refractivity contribution in [2.75, 3.05) is 0 Å². The van der Waals surface area contributed by atoms with Gasteiger partial charge in [0.1, 0.15) is 12.0 Å². The number of rotatable bonds is 5. The fraction of sp³-hybridized carbons (Fsp3) is 0.231. The molecule has 0 aromatic carbocycles. The van der Waals surface area contributed by atoms with Crippen molar-refractivity contribution in [2.24, 2.45) is 0 Å². The molecule has 0 aliphatic heterocycles. The van der Waals surface area contributed by atoms with E-state index in [0.29, 0.717) is 13.0 Å². The molecule has 3 N–H and O–H groups in total. The van der Waals surface area contributed by atoms with Crippen molar-refractivity contribution >= 4 is 16.9 Å². The van der Waals surface area contributed by atoms with Gasteiger partial charge in [0.15, 0.2) is 0 Å². The van der Waals surface area contributed by atoms with Crippen molar-refractivity contribution < 1.29 is 10.0 Å². The summed E-state index contributed by atoms with van der Waals surface area (Å²) in [5.74, 6) is -0.396. The fourth-order valence-electron chi connectivity index (χ4n) is 2.17. The molecule has 0 aliphatic carbocycles. The minimum absolute atomic E-state index is 0.251. The number of hydrogen-bond acceptors (Lipinski definition) is 5. The van der Waals surface area contributed by atoms with E-state index < -0.39 is 5.91 Å². The van der Waals surface area contributed by atoms with E-state index in [2.05, 4.69) is 20.1 Å². The second-order valence-electron chi connectivity index (χ2n) is 4.59. The molecule has 1 amide bonds. The number of nitrogens with one attached hydrogen (secondary N) is 2. The van der Waals surface area contributed by atoms with Gasteiger partial charge in [-0.15, -0.1) is 0 Å². The zero-order chi connectivity index (χ0) is 14.7. The average Bonchev–Trinajstić information content (AvgIpc) is 3.15. The number of carbonyl (C=O) groups excluding carboxylic acids is 1. The third-order valence-electron chi connectivity index (χ3n) is 3.18. The number of nitrogens with zero attached hydrogens (tertiary/aromatic N) is 4. The molecule has 0 spiro atoms. The van der Waals surface area contributed by atoms with Gasteiger partial charge in [-0.1, -0.05) is 0 Å². The Morgan fingerprint density at radius 2 is 2.33 bits per heavy atom. The van der Waals surface area contributed by atoms with Crippen LogP contribution in [0.25, 0.3) is 22.3 Å². The van der Waals surface area contributed by atoms with Crippen molar-refractivity contribution in [1.29, 1.82) is 0 Å². The number of hydroxylamine groups is 1. The van der Waals surface area contributed by atoms with Crippen LogP contribution in [0.5, 0.6) is 0 Å². The van der Waals surface area contributed by atoms with E-state index in [1.165, 1.54) is 6.33 Å². The van der Waals surface area contributed by atoms with Crippen molar-refractivity contribution in [1.82, 2.24) is 30.2 Å². The van der Waals surface area contributed by atoms with E-state index in [-0.39, 0.29) is 6.42 Å². The van der Waals surface area contributed by atoms with Gasteiger partial charge in [-0.2, -0.15) is 5.10 Å². The summed E-state index contributed by atoms with van der Waals surface area (Å²) < 4.78 is 1.75. The summed E-state index contributed by atoms with van der Waals surface area (Å²) in [6, 6.07) is 1.92. The molecule has 21 heavy (non-hydrogen) atoms. The zero-order valence-corrected chi connectivity index (χ0v) is 11.2. The molecule has 0 radical (unpaired) electrons. The number of fused-ring (bicyclic) bond motifs is 1. The van der Waals surface area contributed by atoms with Gasteiger partial charge >= 0.3 is 0 Å². The second kappa shape index (κ2) is 5.71. The summed E-state index contributed by atoms with van der Waals surface area (Å²) in [5, 5.41) is 13.6. The van der Waals surface area contributed by atoms with Gasteiger partial charge in [0.05, 0.1) is 11.9 Å². The molecule has 0 atom stereocenters. The van der Waals surface area contributed by atoms with E-state index in [9.17, 15) is 4.79 Å². The Bertz CT molecular complexity index is 763. The maximum atomic E-state index is 10.9. The van der Waals surface area contributed by atoms with Gasteiger partial charge in [0, 0.05) is 36.3 Å². The first-order valence-corrected chi connectivity index (χ1v) is 6.52. The lowest BCUT2D eigenvalue weighted by Gasteiger charge is -2.00. The molecule has 0 bridgehead atoms. The van der Waals surface area contributed by atoms with Crippen LogP contribution in [0.15, 0.2) is 31.0 Å². The monoisotopic (exact) mass is 286 g/mol. The van der Waals surface area contributed by atoms with Crippen LogP contribution >= 0.6 is 0 Å². The fourth-order valence-corrected chi connectivity index (χ4v) is 2.17. The Labute approximate surface area is 119 Å². The first-order chi connectivity index (χ1) is 10.3. The van der Waals surface area contributed by atoms with Crippen LogP contribution in [0.1, 0.15) is 12.8 Å². The SMILES string of the molecule is O=C(CCCn1cc(-c2ncnc3[nH]ccc23)cn1)NO. The van der Waals surface area contributed by atoms with Gasteiger partial charge in [-0.3, -0.25) is 14.7 Å². The van der Waals surface area contributed by atoms with E-state index in [0.717, 1.165) is 22.3 Å². The van der Waals surface area contributed by atoms with Gasteiger partial charge in [-0.05, 0) is 12.5 Å². The quantitative estimate of drug-likeness (QED) is 0.481. The van der Waals surface area contributed by atoms with E-state index in [1.54, 1.807) is 16.4 Å². The van der Waals surface area contributed by atoms with Crippen LogP contribution < -0.4 is 5.48 Å².